The molecule has 0 fully saturated rings. The van der Waals surface area contributed by atoms with E-state index in [-0.39, 0.29) is 5.78 Å². The van der Waals surface area contributed by atoms with Crippen LogP contribution in [-0.2, 0) is 4.79 Å². The molecule has 0 N–H and O–H groups in total. The normalized spacial score (nSPS) is 11.1. The molecule has 0 spiro atoms. The van der Waals surface area contributed by atoms with Crippen LogP contribution in [0.4, 0.5) is 0 Å². The van der Waals surface area contributed by atoms with E-state index >= 15 is 0 Å². The van der Waals surface area contributed by atoms with Gasteiger partial charge in [-0.05, 0) is 19.8 Å². The minimum absolute atomic E-state index is 0.257. The van der Waals surface area contributed by atoms with E-state index in [4.69, 9.17) is 0 Å². The van der Waals surface area contributed by atoms with Crippen molar-refractivity contribution in [2.24, 2.45) is 0 Å². The standard InChI is InChI=1S/C15H28O/c1-3-4-5-6-7-8-9-10-11-12-13-14-15(2)16/h12-13H,3-11,14H2,1-2H3/b13-12+. The predicted octanol–water partition coefficient (Wildman–Crippen LogP) is 5.05. The molecular weight excluding hydrogens is 196 g/mol. The second-order valence-electron chi connectivity index (χ2n) is 4.64. The van der Waals surface area contributed by atoms with Crippen molar-refractivity contribution in [1.29, 1.82) is 0 Å². The number of hydrogen-bond acceptors (Lipinski definition) is 1. The van der Waals surface area contributed by atoms with Crippen LogP contribution in [0, 0.1) is 0 Å². The molecule has 0 atom stereocenters. The summed E-state index contributed by atoms with van der Waals surface area (Å²) in [5, 5.41) is 0. The van der Waals surface area contributed by atoms with Gasteiger partial charge in [0.25, 0.3) is 0 Å². The van der Waals surface area contributed by atoms with Gasteiger partial charge in [0, 0.05) is 6.42 Å². The largest absolute Gasteiger partial charge is 0.300 e. The highest BCUT2D eigenvalue weighted by atomic mass is 16.1. The molecular formula is C15H28O. The summed E-state index contributed by atoms with van der Waals surface area (Å²) in [6.07, 6.45) is 16.9. The van der Waals surface area contributed by atoms with Crippen LogP contribution in [0.25, 0.3) is 0 Å². The van der Waals surface area contributed by atoms with E-state index in [1.165, 1.54) is 51.4 Å². The highest BCUT2D eigenvalue weighted by Gasteiger charge is 1.90. The summed E-state index contributed by atoms with van der Waals surface area (Å²) < 4.78 is 0. The Hall–Kier alpha value is -0.590. The molecule has 0 bridgehead atoms. The van der Waals surface area contributed by atoms with Gasteiger partial charge in [-0.1, -0.05) is 64.0 Å². The van der Waals surface area contributed by atoms with Crippen molar-refractivity contribution in [2.45, 2.75) is 78.1 Å². The molecule has 0 rings (SSSR count). The van der Waals surface area contributed by atoms with Gasteiger partial charge in [0.15, 0.2) is 0 Å². The summed E-state index contributed by atoms with van der Waals surface area (Å²) in [7, 11) is 0. The molecule has 0 heterocycles. The second kappa shape index (κ2) is 12.5. The van der Waals surface area contributed by atoms with E-state index in [0.29, 0.717) is 6.42 Å². The third kappa shape index (κ3) is 13.4. The fourth-order valence-corrected chi connectivity index (χ4v) is 1.76. The van der Waals surface area contributed by atoms with Crippen LogP contribution in [-0.4, -0.2) is 5.78 Å². The summed E-state index contributed by atoms with van der Waals surface area (Å²) in [4.78, 5) is 10.7. The summed E-state index contributed by atoms with van der Waals surface area (Å²) in [5.74, 6) is 0.257. The number of ketones is 1. The Kier molecular flexibility index (Phi) is 12.0. The number of carbonyl (C=O) groups is 1. The first-order chi connectivity index (χ1) is 7.77. The van der Waals surface area contributed by atoms with Gasteiger partial charge in [-0.2, -0.15) is 0 Å². The zero-order valence-corrected chi connectivity index (χ0v) is 11.1. The first-order valence-corrected chi connectivity index (χ1v) is 6.91. The zero-order valence-electron chi connectivity index (χ0n) is 11.1. The Bertz CT molecular complexity index is 182. The van der Waals surface area contributed by atoms with Crippen molar-refractivity contribution >= 4 is 5.78 Å². The van der Waals surface area contributed by atoms with Gasteiger partial charge in [-0.15, -0.1) is 0 Å². The molecule has 1 nitrogen and oxygen atoms in total. The van der Waals surface area contributed by atoms with Crippen LogP contribution in [0.2, 0.25) is 0 Å². The Labute approximate surface area is 101 Å². The molecule has 0 saturated carbocycles. The highest BCUT2D eigenvalue weighted by molar-refractivity contribution is 5.76. The molecule has 0 aromatic rings. The SMILES string of the molecule is CCCCCCCCCC/C=C/CC(C)=O. The number of Topliss-reactive ketones (excluding diaryl/α,β-unsaturated/α-hetero) is 1. The van der Waals surface area contributed by atoms with Crippen LogP contribution in [0.3, 0.4) is 0 Å². The fourth-order valence-electron chi connectivity index (χ4n) is 1.76. The molecule has 0 aliphatic carbocycles. The topological polar surface area (TPSA) is 17.1 Å². The van der Waals surface area contributed by atoms with Crippen molar-refractivity contribution in [3.05, 3.63) is 12.2 Å². The Balaban J connectivity index is 3.03. The van der Waals surface area contributed by atoms with E-state index in [2.05, 4.69) is 13.0 Å². The van der Waals surface area contributed by atoms with Gasteiger partial charge >= 0.3 is 0 Å². The highest BCUT2D eigenvalue weighted by Crippen LogP contribution is 2.09. The van der Waals surface area contributed by atoms with Gasteiger partial charge in [0.05, 0.1) is 0 Å². The number of allylic oxidation sites excluding steroid dienone is 2. The number of rotatable bonds is 11. The minimum Gasteiger partial charge on any atom is -0.300 e. The summed E-state index contributed by atoms with van der Waals surface area (Å²) in [5.41, 5.74) is 0. The van der Waals surface area contributed by atoms with Crippen LogP contribution >= 0.6 is 0 Å². The van der Waals surface area contributed by atoms with Gasteiger partial charge in [0.2, 0.25) is 0 Å². The van der Waals surface area contributed by atoms with E-state index < -0.39 is 0 Å². The van der Waals surface area contributed by atoms with E-state index in [1.54, 1.807) is 6.92 Å². The lowest BCUT2D eigenvalue weighted by atomic mass is 10.1. The second-order valence-corrected chi connectivity index (χ2v) is 4.64. The first kappa shape index (κ1) is 15.4. The van der Waals surface area contributed by atoms with E-state index in [9.17, 15) is 4.79 Å². The first-order valence-electron chi connectivity index (χ1n) is 6.91. The lowest BCUT2D eigenvalue weighted by Gasteiger charge is -1.99. The average Bonchev–Trinajstić information content (AvgIpc) is 2.25. The van der Waals surface area contributed by atoms with Crippen molar-refractivity contribution < 1.29 is 4.79 Å². The molecule has 0 aliphatic heterocycles. The maximum Gasteiger partial charge on any atom is 0.133 e. The molecule has 0 unspecified atom stereocenters. The number of hydrogen-bond donors (Lipinski definition) is 0. The van der Waals surface area contributed by atoms with Crippen LogP contribution < -0.4 is 0 Å². The van der Waals surface area contributed by atoms with Crippen LogP contribution in [0.15, 0.2) is 12.2 Å². The fraction of sp³-hybridized carbons (Fsp3) is 0.800. The molecule has 0 aromatic heterocycles. The van der Waals surface area contributed by atoms with Crippen molar-refractivity contribution in [3.63, 3.8) is 0 Å². The molecule has 94 valence electrons. The third-order valence-electron chi connectivity index (χ3n) is 2.80. The lowest BCUT2D eigenvalue weighted by Crippen LogP contribution is -1.84. The smallest absolute Gasteiger partial charge is 0.133 e. The van der Waals surface area contributed by atoms with Crippen molar-refractivity contribution in [2.75, 3.05) is 0 Å². The number of unbranched alkanes of at least 4 members (excludes halogenated alkanes) is 8. The predicted molar refractivity (Wildman–Crippen MR) is 71.7 cm³/mol. The van der Waals surface area contributed by atoms with Gasteiger partial charge in [0.1, 0.15) is 5.78 Å². The van der Waals surface area contributed by atoms with E-state index in [0.717, 1.165) is 6.42 Å². The van der Waals surface area contributed by atoms with Gasteiger partial charge in [-0.3, -0.25) is 4.79 Å². The Morgan fingerprint density at radius 1 is 0.875 bits per heavy atom. The van der Waals surface area contributed by atoms with Gasteiger partial charge in [-0.25, -0.2) is 0 Å². The molecule has 16 heavy (non-hydrogen) atoms. The van der Waals surface area contributed by atoms with E-state index in [1.807, 2.05) is 6.08 Å². The van der Waals surface area contributed by atoms with Crippen LogP contribution in [0.5, 0.6) is 0 Å². The number of carbonyl (C=O) groups excluding carboxylic acids is 1. The summed E-state index contributed by atoms with van der Waals surface area (Å²) >= 11 is 0. The molecule has 0 amide bonds. The Morgan fingerprint density at radius 3 is 2.00 bits per heavy atom. The van der Waals surface area contributed by atoms with Crippen LogP contribution in [0.1, 0.15) is 78.1 Å². The maximum atomic E-state index is 10.7. The molecule has 0 aliphatic rings. The zero-order chi connectivity index (χ0) is 12.1. The summed E-state index contributed by atoms with van der Waals surface area (Å²) in [6.45, 7) is 3.90. The molecule has 0 radical (unpaired) electrons. The quantitative estimate of drug-likeness (QED) is 0.354. The summed E-state index contributed by atoms with van der Waals surface area (Å²) in [6, 6.07) is 0. The average molecular weight is 224 g/mol. The van der Waals surface area contributed by atoms with Crippen molar-refractivity contribution in [1.82, 2.24) is 0 Å². The lowest BCUT2D eigenvalue weighted by molar-refractivity contribution is -0.116. The minimum atomic E-state index is 0.257. The molecule has 0 aromatic carbocycles. The third-order valence-corrected chi connectivity index (χ3v) is 2.80. The maximum absolute atomic E-state index is 10.7. The van der Waals surface area contributed by atoms with Crippen molar-refractivity contribution in [3.8, 4) is 0 Å². The Morgan fingerprint density at radius 2 is 1.44 bits per heavy atom. The molecule has 1 heteroatoms. The molecule has 0 saturated heterocycles. The monoisotopic (exact) mass is 224 g/mol. The van der Waals surface area contributed by atoms with Gasteiger partial charge < -0.3 is 0 Å².